The first-order valence-electron chi connectivity index (χ1n) is 14.3. The molecule has 198 valence electrons. The third-order valence-corrected chi connectivity index (χ3v) is 9.57. The summed E-state index contributed by atoms with van der Waals surface area (Å²) in [7, 11) is 0. The summed E-state index contributed by atoms with van der Waals surface area (Å²) in [5, 5.41) is 10.0. The minimum atomic E-state index is 0.894. The molecule has 3 heteroatoms. The number of para-hydroxylation sites is 1. The molecular weight excluding hydrogens is 531 g/mol. The van der Waals surface area contributed by atoms with E-state index >= 15 is 0 Å². The molecule has 0 fully saturated rings. The number of anilines is 3. The van der Waals surface area contributed by atoms with Crippen molar-refractivity contribution in [2.24, 2.45) is 0 Å². The van der Waals surface area contributed by atoms with Crippen molar-refractivity contribution in [2.45, 2.75) is 6.92 Å². The summed E-state index contributed by atoms with van der Waals surface area (Å²) in [4.78, 5) is 2.39. The van der Waals surface area contributed by atoms with Crippen molar-refractivity contribution in [1.82, 2.24) is 0 Å². The van der Waals surface area contributed by atoms with Gasteiger partial charge in [0.25, 0.3) is 0 Å². The van der Waals surface area contributed by atoms with Crippen LogP contribution in [0.5, 0.6) is 0 Å². The van der Waals surface area contributed by atoms with Crippen LogP contribution in [0.1, 0.15) is 5.56 Å². The van der Waals surface area contributed by atoms with Gasteiger partial charge in [0, 0.05) is 53.8 Å². The van der Waals surface area contributed by atoms with E-state index in [1.807, 2.05) is 23.5 Å². The topological polar surface area (TPSA) is 16.4 Å². The fraction of sp³-hybridized carbons (Fsp3) is 0.0256. The number of benzene rings is 7. The Hall–Kier alpha value is -5.12. The van der Waals surface area contributed by atoms with Gasteiger partial charge in [-0.1, -0.05) is 84.9 Å². The van der Waals surface area contributed by atoms with E-state index in [0.717, 1.165) is 39.0 Å². The second kappa shape index (κ2) is 8.94. The second-order valence-electron chi connectivity index (χ2n) is 11.0. The van der Waals surface area contributed by atoms with E-state index in [0.29, 0.717) is 0 Å². The van der Waals surface area contributed by atoms with Crippen molar-refractivity contribution >= 4 is 92.1 Å². The van der Waals surface area contributed by atoms with E-state index in [2.05, 4.69) is 133 Å². The first kappa shape index (κ1) is 23.6. The molecule has 0 amide bonds. The molecule has 7 aromatic carbocycles. The molecule has 0 aliphatic rings. The number of rotatable bonds is 3. The lowest BCUT2D eigenvalue weighted by molar-refractivity contribution is 0.669. The van der Waals surface area contributed by atoms with E-state index in [1.165, 1.54) is 47.3 Å². The molecule has 2 heterocycles. The summed E-state index contributed by atoms with van der Waals surface area (Å²) in [6.07, 6.45) is 0. The maximum absolute atomic E-state index is 6.35. The summed E-state index contributed by atoms with van der Waals surface area (Å²) in [5.41, 5.74) is 6.39. The molecule has 9 rings (SSSR count). The van der Waals surface area contributed by atoms with Gasteiger partial charge in [0.05, 0.1) is 5.69 Å². The Kier molecular flexibility index (Phi) is 5.02. The lowest BCUT2D eigenvalue weighted by Crippen LogP contribution is -2.10. The molecule has 9 aromatic rings. The first-order valence-corrected chi connectivity index (χ1v) is 15.1. The highest BCUT2D eigenvalue weighted by atomic mass is 32.1. The zero-order chi connectivity index (χ0) is 27.8. The van der Waals surface area contributed by atoms with E-state index in [9.17, 15) is 0 Å². The summed E-state index contributed by atoms with van der Waals surface area (Å²) >= 11 is 1.88. The Morgan fingerprint density at radius 2 is 1.21 bits per heavy atom. The normalized spacial score (nSPS) is 11.9. The molecule has 0 radical (unpaired) electrons. The summed E-state index contributed by atoms with van der Waals surface area (Å²) in [6.45, 7) is 2.16. The maximum atomic E-state index is 6.35. The summed E-state index contributed by atoms with van der Waals surface area (Å²) in [5.74, 6) is 0. The van der Waals surface area contributed by atoms with Crippen LogP contribution >= 0.6 is 11.3 Å². The smallest absolute Gasteiger partial charge is 0.137 e. The molecule has 0 spiro atoms. The van der Waals surface area contributed by atoms with Crippen LogP contribution < -0.4 is 4.90 Å². The van der Waals surface area contributed by atoms with Gasteiger partial charge in [0.15, 0.2) is 0 Å². The molecular formula is C39H25NOS. The van der Waals surface area contributed by atoms with Gasteiger partial charge >= 0.3 is 0 Å². The predicted octanol–water partition coefficient (Wildman–Crippen LogP) is 12.0. The number of aryl methyl sites for hydroxylation is 1. The van der Waals surface area contributed by atoms with Crippen LogP contribution in [0.15, 0.2) is 138 Å². The van der Waals surface area contributed by atoms with Gasteiger partial charge in [-0.05, 0) is 71.1 Å². The number of furan rings is 1. The van der Waals surface area contributed by atoms with Crippen molar-refractivity contribution in [2.75, 3.05) is 4.90 Å². The number of fused-ring (bicyclic) bond motifs is 10. The Morgan fingerprint density at radius 3 is 2.10 bits per heavy atom. The van der Waals surface area contributed by atoms with Crippen LogP contribution in [-0.4, -0.2) is 0 Å². The van der Waals surface area contributed by atoms with Crippen LogP contribution in [0.25, 0.3) is 63.7 Å². The SMILES string of the molecule is Cc1cccc(N(c2ccc3c(c2)oc2ccccc23)c2cc3sc4ccc5ccccc5c4c3c3ccccc23)c1. The minimum absolute atomic E-state index is 0.894. The molecule has 0 atom stereocenters. The maximum Gasteiger partial charge on any atom is 0.137 e. The zero-order valence-electron chi connectivity index (χ0n) is 23.0. The van der Waals surface area contributed by atoms with E-state index in [-0.39, 0.29) is 0 Å². The van der Waals surface area contributed by atoms with Gasteiger partial charge in [0.2, 0.25) is 0 Å². The molecule has 0 bridgehead atoms. The van der Waals surface area contributed by atoms with Crippen LogP contribution in [0.4, 0.5) is 17.1 Å². The second-order valence-corrected chi connectivity index (χ2v) is 12.1. The molecule has 0 N–H and O–H groups in total. The van der Waals surface area contributed by atoms with Crippen molar-refractivity contribution < 1.29 is 4.42 Å². The van der Waals surface area contributed by atoms with Crippen molar-refractivity contribution in [3.05, 3.63) is 139 Å². The molecule has 2 aromatic heterocycles. The molecule has 0 aliphatic carbocycles. The third-order valence-electron chi connectivity index (χ3n) is 8.47. The highest BCUT2D eigenvalue weighted by molar-refractivity contribution is 7.26. The van der Waals surface area contributed by atoms with Gasteiger partial charge in [-0.2, -0.15) is 0 Å². The van der Waals surface area contributed by atoms with Crippen molar-refractivity contribution in [3.8, 4) is 0 Å². The van der Waals surface area contributed by atoms with Crippen LogP contribution in [0, 0.1) is 6.92 Å². The van der Waals surface area contributed by atoms with Gasteiger partial charge in [0.1, 0.15) is 11.2 Å². The predicted molar refractivity (Wildman–Crippen MR) is 181 cm³/mol. The number of hydrogen-bond acceptors (Lipinski definition) is 3. The molecule has 42 heavy (non-hydrogen) atoms. The van der Waals surface area contributed by atoms with Crippen LogP contribution in [0.3, 0.4) is 0 Å². The molecule has 0 unspecified atom stereocenters. The van der Waals surface area contributed by atoms with Crippen molar-refractivity contribution in [3.63, 3.8) is 0 Å². The lowest BCUT2D eigenvalue weighted by atomic mass is 9.98. The van der Waals surface area contributed by atoms with Crippen LogP contribution in [0.2, 0.25) is 0 Å². The van der Waals surface area contributed by atoms with Crippen LogP contribution in [-0.2, 0) is 0 Å². The standard InChI is InChI=1S/C39H25NOS/c1-24-9-8-11-26(21-24)40(27-18-19-31-30-14-6-7-16-34(30)41-35(31)22-27)33-23-37-39(32-15-5-4-13-29(32)33)38-28-12-3-2-10-25(28)17-20-36(38)42-37/h2-23H,1H3. The largest absolute Gasteiger partial charge is 0.456 e. The Balaban J connectivity index is 1.38. The molecule has 0 saturated heterocycles. The summed E-state index contributed by atoms with van der Waals surface area (Å²) < 4.78 is 8.96. The van der Waals surface area contributed by atoms with Gasteiger partial charge < -0.3 is 9.32 Å². The minimum Gasteiger partial charge on any atom is -0.456 e. The number of thiophene rings is 1. The Labute approximate surface area is 246 Å². The fourth-order valence-corrected chi connectivity index (χ4v) is 7.79. The van der Waals surface area contributed by atoms with Gasteiger partial charge in [-0.3, -0.25) is 0 Å². The molecule has 0 aliphatic heterocycles. The fourth-order valence-electron chi connectivity index (χ4n) is 6.62. The zero-order valence-corrected chi connectivity index (χ0v) is 23.8. The van der Waals surface area contributed by atoms with E-state index < -0.39 is 0 Å². The average molecular weight is 556 g/mol. The third kappa shape index (κ3) is 3.44. The number of hydrogen-bond donors (Lipinski definition) is 0. The Morgan fingerprint density at radius 1 is 0.500 bits per heavy atom. The average Bonchev–Trinajstić information content (AvgIpc) is 3.59. The van der Waals surface area contributed by atoms with E-state index in [1.54, 1.807) is 0 Å². The highest BCUT2D eigenvalue weighted by Crippen LogP contribution is 2.48. The highest BCUT2D eigenvalue weighted by Gasteiger charge is 2.21. The summed E-state index contributed by atoms with van der Waals surface area (Å²) in [6, 6.07) is 48.2. The van der Waals surface area contributed by atoms with Crippen molar-refractivity contribution in [1.29, 1.82) is 0 Å². The monoisotopic (exact) mass is 555 g/mol. The quantitative estimate of drug-likeness (QED) is 0.216. The molecule has 2 nitrogen and oxygen atoms in total. The van der Waals surface area contributed by atoms with Gasteiger partial charge in [-0.25, -0.2) is 0 Å². The lowest BCUT2D eigenvalue weighted by Gasteiger charge is -2.27. The first-order chi connectivity index (χ1) is 20.7. The molecule has 0 saturated carbocycles. The number of nitrogens with zero attached hydrogens (tertiary/aromatic N) is 1. The Bertz CT molecular complexity index is 2500. The van der Waals surface area contributed by atoms with E-state index in [4.69, 9.17) is 4.42 Å². The van der Waals surface area contributed by atoms with Gasteiger partial charge in [-0.15, -0.1) is 11.3 Å².